The molecule has 1 N–H and O–H groups in total. The number of ether oxygens (including phenoxy) is 2. The van der Waals surface area contributed by atoms with E-state index in [4.69, 9.17) is 9.47 Å². The van der Waals surface area contributed by atoms with Crippen molar-refractivity contribution >= 4 is 0 Å². The Balaban J connectivity index is 3.30. The van der Waals surface area contributed by atoms with Crippen LogP contribution in [-0.2, 0) is 9.47 Å². The van der Waals surface area contributed by atoms with E-state index in [-0.39, 0.29) is 5.54 Å². The maximum Gasteiger partial charge on any atom is 0.0700 e. The SMILES string of the molecule is COCCOCCC(C)CNC(C)(C)C. The normalized spacial score (nSPS) is 14.2. The molecule has 0 aliphatic carbocycles. The molecule has 0 aliphatic heterocycles. The van der Waals surface area contributed by atoms with E-state index in [1.165, 1.54) is 0 Å². The van der Waals surface area contributed by atoms with E-state index in [0.29, 0.717) is 19.1 Å². The highest BCUT2D eigenvalue weighted by atomic mass is 16.5. The smallest absolute Gasteiger partial charge is 0.0700 e. The Hall–Kier alpha value is -0.120. The van der Waals surface area contributed by atoms with Gasteiger partial charge < -0.3 is 14.8 Å². The van der Waals surface area contributed by atoms with Gasteiger partial charge in [0, 0.05) is 19.3 Å². The molecule has 0 rings (SSSR count). The summed E-state index contributed by atoms with van der Waals surface area (Å²) in [5.41, 5.74) is 0.213. The molecule has 1 unspecified atom stereocenters. The van der Waals surface area contributed by atoms with Crippen LogP contribution in [0.5, 0.6) is 0 Å². The highest BCUT2D eigenvalue weighted by Gasteiger charge is 2.10. The zero-order chi connectivity index (χ0) is 11.7. The van der Waals surface area contributed by atoms with Crippen LogP contribution in [0.1, 0.15) is 34.1 Å². The van der Waals surface area contributed by atoms with Crippen LogP contribution >= 0.6 is 0 Å². The summed E-state index contributed by atoms with van der Waals surface area (Å²) in [5, 5.41) is 3.49. The van der Waals surface area contributed by atoms with Crippen molar-refractivity contribution in [3.05, 3.63) is 0 Å². The van der Waals surface area contributed by atoms with E-state index in [1.54, 1.807) is 7.11 Å². The van der Waals surface area contributed by atoms with Gasteiger partial charge >= 0.3 is 0 Å². The molecule has 0 saturated heterocycles. The Labute approximate surface area is 94.5 Å². The van der Waals surface area contributed by atoms with Gasteiger partial charge in [-0.25, -0.2) is 0 Å². The van der Waals surface area contributed by atoms with Crippen LogP contribution in [-0.4, -0.2) is 39.0 Å². The summed E-state index contributed by atoms with van der Waals surface area (Å²) in [6.45, 7) is 12.1. The fourth-order valence-corrected chi connectivity index (χ4v) is 1.11. The van der Waals surface area contributed by atoms with Gasteiger partial charge in [-0.15, -0.1) is 0 Å². The number of rotatable bonds is 8. The summed E-state index contributed by atoms with van der Waals surface area (Å²) in [5.74, 6) is 0.659. The van der Waals surface area contributed by atoms with Crippen LogP contribution in [0.25, 0.3) is 0 Å². The Morgan fingerprint density at radius 3 is 2.33 bits per heavy atom. The largest absolute Gasteiger partial charge is 0.382 e. The Morgan fingerprint density at radius 2 is 1.80 bits per heavy atom. The molecule has 3 heteroatoms. The van der Waals surface area contributed by atoms with Crippen molar-refractivity contribution < 1.29 is 9.47 Å². The van der Waals surface area contributed by atoms with Crippen LogP contribution < -0.4 is 5.32 Å². The molecule has 3 nitrogen and oxygen atoms in total. The van der Waals surface area contributed by atoms with Crippen LogP contribution in [0, 0.1) is 5.92 Å². The third kappa shape index (κ3) is 11.8. The predicted octanol–water partition coefficient (Wildman–Crippen LogP) is 2.06. The number of nitrogens with one attached hydrogen (secondary N) is 1. The highest BCUT2D eigenvalue weighted by Crippen LogP contribution is 2.04. The lowest BCUT2D eigenvalue weighted by atomic mass is 10.0. The minimum Gasteiger partial charge on any atom is -0.382 e. The average Bonchev–Trinajstić information content (AvgIpc) is 2.13. The first-order valence-electron chi connectivity index (χ1n) is 5.77. The monoisotopic (exact) mass is 217 g/mol. The van der Waals surface area contributed by atoms with E-state index in [9.17, 15) is 0 Å². The molecule has 0 fully saturated rings. The third-order valence-corrected chi connectivity index (χ3v) is 2.17. The number of hydrogen-bond acceptors (Lipinski definition) is 3. The van der Waals surface area contributed by atoms with Crippen LogP contribution in [0.4, 0.5) is 0 Å². The second-order valence-electron chi connectivity index (χ2n) is 5.13. The molecule has 0 aliphatic rings. The van der Waals surface area contributed by atoms with Gasteiger partial charge in [-0.3, -0.25) is 0 Å². The minimum absolute atomic E-state index is 0.213. The van der Waals surface area contributed by atoms with Crippen molar-refractivity contribution in [2.75, 3.05) is 33.5 Å². The second-order valence-corrected chi connectivity index (χ2v) is 5.13. The fraction of sp³-hybridized carbons (Fsp3) is 1.00. The predicted molar refractivity (Wildman–Crippen MR) is 64.2 cm³/mol. The molecule has 0 aromatic heterocycles. The molecule has 15 heavy (non-hydrogen) atoms. The highest BCUT2D eigenvalue weighted by molar-refractivity contribution is 4.71. The van der Waals surface area contributed by atoms with Gasteiger partial charge in [0.2, 0.25) is 0 Å². The summed E-state index contributed by atoms with van der Waals surface area (Å²) in [7, 11) is 1.69. The maximum atomic E-state index is 5.42. The molecule has 0 heterocycles. The van der Waals surface area contributed by atoms with Gasteiger partial charge in [0.25, 0.3) is 0 Å². The summed E-state index contributed by atoms with van der Waals surface area (Å²) in [6, 6.07) is 0. The van der Waals surface area contributed by atoms with E-state index in [2.05, 4.69) is 33.0 Å². The first kappa shape index (κ1) is 14.9. The fourth-order valence-electron chi connectivity index (χ4n) is 1.11. The first-order valence-corrected chi connectivity index (χ1v) is 5.77. The van der Waals surface area contributed by atoms with Crippen LogP contribution in [0.3, 0.4) is 0 Å². The van der Waals surface area contributed by atoms with E-state index < -0.39 is 0 Å². The molecule has 1 atom stereocenters. The van der Waals surface area contributed by atoms with Crippen LogP contribution in [0.15, 0.2) is 0 Å². The molecule has 0 aromatic rings. The summed E-state index contributed by atoms with van der Waals surface area (Å²) >= 11 is 0. The van der Waals surface area contributed by atoms with E-state index in [1.807, 2.05) is 0 Å². The molecule has 0 spiro atoms. The van der Waals surface area contributed by atoms with Crippen molar-refractivity contribution in [3.63, 3.8) is 0 Å². The zero-order valence-corrected chi connectivity index (χ0v) is 10.9. The first-order chi connectivity index (χ1) is 6.95. The lowest BCUT2D eigenvalue weighted by molar-refractivity contribution is 0.0642. The van der Waals surface area contributed by atoms with Gasteiger partial charge in [0.1, 0.15) is 0 Å². The molecular formula is C12H27NO2. The molecule has 92 valence electrons. The average molecular weight is 217 g/mol. The lowest BCUT2D eigenvalue weighted by Crippen LogP contribution is -2.38. The van der Waals surface area contributed by atoms with Crippen molar-refractivity contribution in [1.82, 2.24) is 5.32 Å². The standard InChI is InChI=1S/C12H27NO2/c1-11(10-13-12(2,3)4)6-7-15-9-8-14-5/h11,13H,6-10H2,1-5H3. The third-order valence-electron chi connectivity index (χ3n) is 2.17. The van der Waals surface area contributed by atoms with Gasteiger partial charge in [-0.1, -0.05) is 6.92 Å². The Kier molecular flexibility index (Phi) is 8.02. The van der Waals surface area contributed by atoms with Crippen molar-refractivity contribution in [2.45, 2.75) is 39.7 Å². The van der Waals surface area contributed by atoms with Gasteiger partial charge in [0.15, 0.2) is 0 Å². The number of methoxy groups -OCH3 is 1. The van der Waals surface area contributed by atoms with E-state index in [0.717, 1.165) is 19.6 Å². The Morgan fingerprint density at radius 1 is 1.13 bits per heavy atom. The zero-order valence-electron chi connectivity index (χ0n) is 10.9. The minimum atomic E-state index is 0.213. The lowest BCUT2D eigenvalue weighted by Gasteiger charge is -2.23. The topological polar surface area (TPSA) is 30.5 Å². The van der Waals surface area contributed by atoms with E-state index >= 15 is 0 Å². The molecular weight excluding hydrogens is 190 g/mol. The molecule has 0 saturated carbocycles. The number of hydrogen-bond donors (Lipinski definition) is 1. The van der Waals surface area contributed by atoms with Crippen molar-refractivity contribution in [3.8, 4) is 0 Å². The molecule has 0 radical (unpaired) electrons. The van der Waals surface area contributed by atoms with Crippen molar-refractivity contribution in [2.24, 2.45) is 5.92 Å². The Bertz CT molecular complexity index is 143. The summed E-state index contributed by atoms with van der Waals surface area (Å²) < 4.78 is 10.3. The quantitative estimate of drug-likeness (QED) is 0.631. The summed E-state index contributed by atoms with van der Waals surface area (Å²) in [6.07, 6.45) is 1.10. The molecule has 0 bridgehead atoms. The van der Waals surface area contributed by atoms with Gasteiger partial charge in [-0.2, -0.15) is 0 Å². The molecule has 0 aromatic carbocycles. The van der Waals surface area contributed by atoms with Crippen molar-refractivity contribution in [1.29, 1.82) is 0 Å². The molecule has 0 amide bonds. The summed E-state index contributed by atoms with van der Waals surface area (Å²) in [4.78, 5) is 0. The van der Waals surface area contributed by atoms with Gasteiger partial charge in [0.05, 0.1) is 13.2 Å². The van der Waals surface area contributed by atoms with Crippen LogP contribution in [0.2, 0.25) is 0 Å². The second kappa shape index (κ2) is 8.08. The van der Waals surface area contributed by atoms with Gasteiger partial charge in [-0.05, 0) is 39.7 Å². The maximum absolute atomic E-state index is 5.42.